The molecule has 0 bridgehead atoms. The van der Waals surface area contributed by atoms with Gasteiger partial charge in [-0.25, -0.2) is 0 Å². The predicted octanol–water partition coefficient (Wildman–Crippen LogP) is 23.2. The molecule has 0 aliphatic heterocycles. The van der Waals surface area contributed by atoms with Gasteiger partial charge in [-0.1, -0.05) is 347 Å². The number of allylic oxidation sites excluding steroid dienone is 20. The van der Waals surface area contributed by atoms with Crippen molar-refractivity contribution in [2.45, 2.75) is 334 Å². The summed E-state index contributed by atoms with van der Waals surface area (Å²) in [5.74, 6) is -0.0468. The molecule has 0 fully saturated rings. The lowest BCUT2D eigenvalue weighted by atomic mass is 10.0. The highest BCUT2D eigenvalue weighted by atomic mass is 16.3. The summed E-state index contributed by atoms with van der Waals surface area (Å²) in [5, 5.41) is 23.4. The van der Waals surface area contributed by atoms with Crippen LogP contribution in [-0.4, -0.2) is 34.9 Å². The van der Waals surface area contributed by atoms with Gasteiger partial charge in [-0.2, -0.15) is 0 Å². The second-order valence-electron chi connectivity index (χ2n) is 22.5. The average molecular weight is 1080 g/mol. The van der Waals surface area contributed by atoms with Crippen LogP contribution in [0.5, 0.6) is 0 Å². The van der Waals surface area contributed by atoms with Gasteiger partial charge >= 0.3 is 0 Å². The van der Waals surface area contributed by atoms with Gasteiger partial charge in [-0.15, -0.1) is 0 Å². The van der Waals surface area contributed by atoms with Crippen molar-refractivity contribution in [3.05, 3.63) is 122 Å². The van der Waals surface area contributed by atoms with E-state index in [1.807, 2.05) is 0 Å². The number of carbonyl (C=O) groups excluding carboxylic acids is 1. The van der Waals surface area contributed by atoms with Gasteiger partial charge in [-0.3, -0.25) is 4.79 Å². The molecule has 0 saturated heterocycles. The van der Waals surface area contributed by atoms with Gasteiger partial charge in [0.15, 0.2) is 0 Å². The van der Waals surface area contributed by atoms with Crippen LogP contribution in [0.3, 0.4) is 0 Å². The normalized spacial score (nSPS) is 13.5. The number of amides is 1. The monoisotopic (exact) mass is 1080 g/mol. The Labute approximate surface area is 486 Å². The third kappa shape index (κ3) is 63.6. The maximum absolute atomic E-state index is 12.6. The van der Waals surface area contributed by atoms with Crippen molar-refractivity contribution in [1.82, 2.24) is 5.32 Å². The molecule has 0 rings (SSSR count). The molecule has 4 nitrogen and oxygen atoms in total. The van der Waals surface area contributed by atoms with Crippen molar-refractivity contribution in [2.24, 2.45) is 0 Å². The molecule has 0 spiro atoms. The topological polar surface area (TPSA) is 69.6 Å². The van der Waals surface area contributed by atoms with E-state index in [9.17, 15) is 15.0 Å². The van der Waals surface area contributed by atoms with Crippen LogP contribution in [0.2, 0.25) is 0 Å². The molecule has 0 aliphatic carbocycles. The molecule has 448 valence electrons. The smallest absolute Gasteiger partial charge is 0.220 e. The highest BCUT2D eigenvalue weighted by Crippen LogP contribution is 2.18. The molecule has 1 amide bonds. The summed E-state index contributed by atoms with van der Waals surface area (Å²) in [5.41, 5.74) is 0. The fraction of sp³-hybridized carbons (Fsp3) is 0.716. The molecule has 2 atom stereocenters. The number of carbonyl (C=O) groups is 1. The Kier molecular flexibility index (Phi) is 65.3. The number of nitrogens with one attached hydrogen (secondary N) is 1. The summed E-state index contributed by atoms with van der Waals surface area (Å²) in [6.45, 7) is 4.26. The van der Waals surface area contributed by atoms with E-state index in [-0.39, 0.29) is 12.5 Å². The molecular formula is C74H129NO3. The number of aliphatic hydroxyl groups is 2. The minimum Gasteiger partial charge on any atom is -0.394 e. The molecule has 4 heteroatoms. The number of hydrogen-bond donors (Lipinski definition) is 3. The van der Waals surface area contributed by atoms with Crippen molar-refractivity contribution in [2.75, 3.05) is 6.61 Å². The van der Waals surface area contributed by atoms with Crippen LogP contribution in [0.4, 0.5) is 0 Å². The van der Waals surface area contributed by atoms with Crippen molar-refractivity contribution in [3.63, 3.8) is 0 Å². The zero-order chi connectivity index (χ0) is 56.2. The highest BCUT2D eigenvalue weighted by Gasteiger charge is 2.20. The van der Waals surface area contributed by atoms with Gasteiger partial charge in [-0.05, 0) is 89.9 Å². The minimum absolute atomic E-state index is 0.0468. The first-order valence-corrected chi connectivity index (χ1v) is 33.7. The minimum atomic E-state index is -0.677. The second kappa shape index (κ2) is 68.1. The lowest BCUT2D eigenvalue weighted by Crippen LogP contribution is -2.45. The van der Waals surface area contributed by atoms with Crippen molar-refractivity contribution >= 4 is 5.91 Å². The van der Waals surface area contributed by atoms with Gasteiger partial charge in [0.1, 0.15) is 0 Å². The average Bonchev–Trinajstić information content (AvgIpc) is 3.44. The Hall–Kier alpha value is -3.21. The number of hydrogen-bond acceptors (Lipinski definition) is 3. The van der Waals surface area contributed by atoms with Crippen LogP contribution >= 0.6 is 0 Å². The molecule has 0 radical (unpaired) electrons. The Morgan fingerprint density at radius 1 is 0.321 bits per heavy atom. The van der Waals surface area contributed by atoms with Gasteiger partial charge in [0.05, 0.1) is 18.8 Å². The summed E-state index contributed by atoms with van der Waals surface area (Å²) < 4.78 is 0. The predicted molar refractivity (Wildman–Crippen MR) is 349 cm³/mol. The van der Waals surface area contributed by atoms with E-state index < -0.39 is 12.1 Å². The molecule has 0 aliphatic rings. The van der Waals surface area contributed by atoms with E-state index in [0.717, 1.165) is 103 Å². The van der Waals surface area contributed by atoms with E-state index in [4.69, 9.17) is 0 Å². The Balaban J connectivity index is 3.56. The molecule has 0 aromatic carbocycles. The molecular weight excluding hydrogens is 951 g/mol. The van der Waals surface area contributed by atoms with Gasteiger partial charge in [0, 0.05) is 6.42 Å². The van der Waals surface area contributed by atoms with Crippen molar-refractivity contribution < 1.29 is 15.0 Å². The first-order chi connectivity index (χ1) is 38.7. The van der Waals surface area contributed by atoms with Crippen LogP contribution in [0.15, 0.2) is 122 Å². The van der Waals surface area contributed by atoms with Crippen molar-refractivity contribution in [1.29, 1.82) is 0 Å². The van der Waals surface area contributed by atoms with E-state index in [1.54, 1.807) is 0 Å². The first-order valence-electron chi connectivity index (χ1n) is 33.7. The van der Waals surface area contributed by atoms with E-state index >= 15 is 0 Å². The summed E-state index contributed by atoms with van der Waals surface area (Å²) in [7, 11) is 0. The van der Waals surface area contributed by atoms with Gasteiger partial charge in [0.2, 0.25) is 5.91 Å². The summed E-state index contributed by atoms with van der Waals surface area (Å²) in [6.07, 6.45) is 104. The maximum atomic E-state index is 12.6. The van der Waals surface area contributed by atoms with Crippen LogP contribution in [0.1, 0.15) is 322 Å². The maximum Gasteiger partial charge on any atom is 0.220 e. The molecule has 0 heterocycles. The van der Waals surface area contributed by atoms with Crippen LogP contribution in [0.25, 0.3) is 0 Å². The highest BCUT2D eigenvalue weighted by molar-refractivity contribution is 5.76. The lowest BCUT2D eigenvalue weighted by molar-refractivity contribution is -0.123. The van der Waals surface area contributed by atoms with Crippen molar-refractivity contribution in [3.8, 4) is 0 Å². The van der Waals surface area contributed by atoms with Crippen LogP contribution in [-0.2, 0) is 4.79 Å². The van der Waals surface area contributed by atoms with Gasteiger partial charge in [0.25, 0.3) is 0 Å². The molecule has 3 N–H and O–H groups in total. The Bertz CT molecular complexity index is 1510. The fourth-order valence-corrected chi connectivity index (χ4v) is 9.92. The SMILES string of the molecule is CC/C=C\C/C=C\C/C=C\C/C=C\C/C=C\C/C=C\C/C=C\C/C=C\C/C=C\C/C=C\CCCCCCCCC(=O)NC(CO)C(O)CCCCCCCCCCCCCCCCCCCCCCCCCCCCCCC. The Morgan fingerprint density at radius 2 is 0.564 bits per heavy atom. The third-order valence-corrected chi connectivity index (χ3v) is 15.0. The zero-order valence-electron chi connectivity index (χ0n) is 51.7. The summed E-state index contributed by atoms with van der Waals surface area (Å²) in [6, 6.07) is -0.555. The van der Waals surface area contributed by atoms with E-state index in [2.05, 4.69) is 141 Å². The van der Waals surface area contributed by atoms with Gasteiger partial charge < -0.3 is 15.5 Å². The first kappa shape index (κ1) is 74.8. The largest absolute Gasteiger partial charge is 0.394 e. The molecule has 0 aromatic rings. The van der Waals surface area contributed by atoms with E-state index in [0.29, 0.717) is 12.8 Å². The van der Waals surface area contributed by atoms with E-state index in [1.165, 1.54) is 193 Å². The summed E-state index contributed by atoms with van der Waals surface area (Å²) in [4.78, 5) is 12.6. The molecule has 78 heavy (non-hydrogen) atoms. The standard InChI is InChI=1S/C74H129NO3/c1-3-5-7-9-11-13-15-17-19-21-23-25-27-29-31-33-34-35-36-37-38-39-40-42-44-46-48-50-52-54-56-58-60-62-64-66-68-70-74(78)75-72(71-76)73(77)69-67-65-63-61-59-57-55-53-51-49-47-45-43-41-32-30-28-26-24-22-20-18-16-14-12-10-8-6-4-2/h5,7,11,13,17,19,23,25,29,31,34-35,37-38,40,42,46,48,52,54,72-73,76-77H,3-4,6,8-10,12,14-16,18,20-22,24,26-28,30,32-33,36,39,41,43-45,47,49-51,53,55-71H2,1-2H3,(H,75,78)/b7-5-,13-11-,19-17-,25-23-,31-29-,35-34-,38-37-,42-40-,48-46-,54-52-. The molecule has 0 saturated carbocycles. The summed E-state index contributed by atoms with van der Waals surface area (Å²) >= 11 is 0. The third-order valence-electron chi connectivity index (χ3n) is 15.0. The molecule has 0 aromatic heterocycles. The zero-order valence-corrected chi connectivity index (χ0v) is 51.7. The Morgan fingerprint density at radius 3 is 0.846 bits per heavy atom. The number of aliphatic hydroxyl groups excluding tert-OH is 2. The lowest BCUT2D eigenvalue weighted by Gasteiger charge is -2.22. The van der Waals surface area contributed by atoms with Crippen LogP contribution < -0.4 is 5.32 Å². The molecule has 2 unspecified atom stereocenters. The van der Waals surface area contributed by atoms with Crippen LogP contribution in [0, 0.1) is 0 Å². The quantitative estimate of drug-likeness (QED) is 0.0420. The number of rotatable bonds is 61. The second-order valence-corrected chi connectivity index (χ2v) is 22.5. The fourth-order valence-electron chi connectivity index (χ4n) is 9.92. The number of unbranched alkanes of at least 4 members (excludes halogenated alkanes) is 34.